The summed E-state index contributed by atoms with van der Waals surface area (Å²) in [4.78, 5) is 25.9. The maximum absolute atomic E-state index is 15.3. The minimum absolute atomic E-state index is 0.0412. The molecule has 10 nitrogen and oxygen atoms in total. The van der Waals surface area contributed by atoms with Crippen LogP contribution in [0.3, 0.4) is 0 Å². The Morgan fingerprint density at radius 3 is 2.60 bits per heavy atom. The summed E-state index contributed by atoms with van der Waals surface area (Å²) >= 11 is 6.13. The van der Waals surface area contributed by atoms with Crippen LogP contribution >= 0.6 is 22.4 Å². The second-order valence-electron chi connectivity index (χ2n) is 11.6. The second kappa shape index (κ2) is 14.1. The Kier molecular flexibility index (Phi) is 10.5. The number of amides is 2. The zero-order valence-corrected chi connectivity index (χ0v) is 25.5. The zero-order chi connectivity index (χ0) is 30.6. The lowest BCUT2D eigenvalue weighted by atomic mass is 9.76. The standard InChI is InChI=1S/C30H40ClFN4O6S/c31-21-8-6-19(7-9-21)27(20-12-14-42-15-13-20)28(35-30(38)39)29(37)34-26-5-1-4-25(32)24(26)11-10-23-17-33-22-3-2-16-43(40,41)36(23)18-22/h1,4-9,20,22-23,27-28,33,35,40-41H,2-3,10-18H2,(H,34,37)(H,38,39)/t22?,23?,27-,28-/m0/s1. The van der Waals surface area contributed by atoms with E-state index in [0.717, 1.165) is 18.4 Å². The summed E-state index contributed by atoms with van der Waals surface area (Å²) in [5, 5.41) is 19.0. The fourth-order valence-electron chi connectivity index (χ4n) is 6.67. The first-order valence-electron chi connectivity index (χ1n) is 14.8. The Morgan fingerprint density at radius 2 is 1.88 bits per heavy atom. The van der Waals surface area contributed by atoms with E-state index in [1.54, 1.807) is 34.6 Å². The molecule has 3 aliphatic heterocycles. The van der Waals surface area contributed by atoms with E-state index in [4.69, 9.17) is 16.3 Å². The summed E-state index contributed by atoms with van der Waals surface area (Å²) in [5.41, 5.74) is 1.31. The van der Waals surface area contributed by atoms with Crippen molar-refractivity contribution in [2.24, 2.45) is 5.92 Å². The molecule has 0 radical (unpaired) electrons. The van der Waals surface area contributed by atoms with Crippen LogP contribution in [-0.2, 0) is 16.0 Å². The van der Waals surface area contributed by atoms with Crippen molar-refractivity contribution in [2.45, 2.75) is 62.6 Å². The molecular weight excluding hydrogens is 599 g/mol. The molecule has 5 atom stereocenters. The average Bonchev–Trinajstić information content (AvgIpc) is 3.09. The zero-order valence-electron chi connectivity index (χ0n) is 23.9. The van der Waals surface area contributed by atoms with Crippen molar-refractivity contribution >= 4 is 40.1 Å². The summed E-state index contributed by atoms with van der Waals surface area (Å²) in [6.07, 6.45) is 2.23. The van der Waals surface area contributed by atoms with Gasteiger partial charge < -0.3 is 25.8 Å². The fraction of sp³-hybridized carbons (Fsp3) is 0.533. The van der Waals surface area contributed by atoms with Gasteiger partial charge in [-0.2, -0.15) is 0 Å². The highest BCUT2D eigenvalue weighted by Crippen LogP contribution is 2.49. The number of carboxylic acid groups (broad SMARTS) is 1. The quantitative estimate of drug-likeness (QED) is 0.217. The Morgan fingerprint density at radius 1 is 1.14 bits per heavy atom. The van der Waals surface area contributed by atoms with Gasteiger partial charge in [0.15, 0.2) is 0 Å². The first kappa shape index (κ1) is 32.0. The van der Waals surface area contributed by atoms with Gasteiger partial charge in [-0.1, -0.05) is 29.8 Å². The normalized spacial score (nSPS) is 26.0. The van der Waals surface area contributed by atoms with Crippen LogP contribution in [0.4, 0.5) is 14.9 Å². The molecule has 43 heavy (non-hydrogen) atoms. The summed E-state index contributed by atoms with van der Waals surface area (Å²) in [7, 11) is -2.91. The molecule has 2 amide bonds. The number of anilines is 1. The highest BCUT2D eigenvalue weighted by molar-refractivity contribution is 8.22. The van der Waals surface area contributed by atoms with Crippen LogP contribution in [0.2, 0.25) is 5.02 Å². The molecular formula is C30H40ClFN4O6S. The molecule has 13 heteroatoms. The third kappa shape index (κ3) is 7.80. The highest BCUT2D eigenvalue weighted by atomic mass is 35.5. The third-order valence-electron chi connectivity index (χ3n) is 8.85. The largest absolute Gasteiger partial charge is 0.465 e. The Bertz CT molecular complexity index is 1280. The fourth-order valence-corrected chi connectivity index (χ4v) is 8.66. The summed E-state index contributed by atoms with van der Waals surface area (Å²) in [5.74, 6) is -1.32. The van der Waals surface area contributed by atoms with Crippen LogP contribution in [0.5, 0.6) is 0 Å². The molecule has 3 saturated heterocycles. The monoisotopic (exact) mass is 638 g/mol. The number of nitrogens with zero attached hydrogens (tertiary/aromatic N) is 1. The van der Waals surface area contributed by atoms with Crippen molar-refractivity contribution < 1.29 is 32.9 Å². The van der Waals surface area contributed by atoms with Gasteiger partial charge >= 0.3 is 6.09 Å². The topological polar surface area (TPSA) is 143 Å². The molecule has 3 fully saturated rings. The van der Waals surface area contributed by atoms with Crippen molar-refractivity contribution in [2.75, 3.05) is 37.4 Å². The van der Waals surface area contributed by atoms with Crippen LogP contribution in [0, 0.1) is 11.7 Å². The van der Waals surface area contributed by atoms with E-state index < -0.39 is 40.6 Å². The lowest BCUT2D eigenvalue weighted by molar-refractivity contribution is -0.119. The minimum atomic E-state index is -2.91. The van der Waals surface area contributed by atoms with Gasteiger partial charge in [0.25, 0.3) is 0 Å². The van der Waals surface area contributed by atoms with Crippen LogP contribution in [0.1, 0.15) is 49.1 Å². The maximum atomic E-state index is 15.3. The number of piperazine rings is 1. The van der Waals surface area contributed by atoms with Gasteiger partial charge in [-0.25, -0.2) is 13.5 Å². The Balaban J connectivity index is 1.38. The number of carbonyl (C=O) groups excluding carboxylic acids is 1. The van der Waals surface area contributed by atoms with Crippen LogP contribution in [-0.4, -0.2) is 80.7 Å². The van der Waals surface area contributed by atoms with Crippen molar-refractivity contribution in [3.63, 3.8) is 0 Å². The molecule has 6 N–H and O–H groups in total. The number of ether oxygens (including phenoxy) is 1. The molecule has 0 saturated carbocycles. The molecule has 2 aromatic rings. The van der Waals surface area contributed by atoms with Gasteiger partial charge in [0.2, 0.25) is 5.91 Å². The summed E-state index contributed by atoms with van der Waals surface area (Å²) in [6.45, 7) is 2.08. The van der Waals surface area contributed by atoms with Crippen molar-refractivity contribution in [1.29, 1.82) is 0 Å². The van der Waals surface area contributed by atoms with E-state index in [1.807, 2.05) is 0 Å². The molecule has 3 unspecified atom stereocenters. The molecule has 3 heterocycles. The number of fused-ring (bicyclic) bond motifs is 2. The molecule has 5 rings (SSSR count). The summed E-state index contributed by atoms with van der Waals surface area (Å²) < 4.78 is 44.2. The Hall–Kier alpha value is -2.45. The molecule has 3 aliphatic rings. The van der Waals surface area contributed by atoms with E-state index >= 15 is 4.39 Å². The SMILES string of the molecule is O=C(O)N[C@H](C(=O)Nc1cccc(F)c1CCC1CNC2CCCS(O)(O)N1C2)[C@@H](c1ccc(Cl)cc1)C1CCOCC1. The molecule has 0 aromatic heterocycles. The van der Waals surface area contributed by atoms with Gasteiger partial charge in [-0.15, -0.1) is 10.8 Å². The lowest BCUT2D eigenvalue weighted by Gasteiger charge is -2.49. The van der Waals surface area contributed by atoms with Crippen LogP contribution in [0.15, 0.2) is 42.5 Å². The van der Waals surface area contributed by atoms with Crippen molar-refractivity contribution in [3.8, 4) is 0 Å². The third-order valence-corrected chi connectivity index (χ3v) is 11.1. The van der Waals surface area contributed by atoms with E-state index in [9.17, 15) is 23.8 Å². The molecule has 0 spiro atoms. The number of rotatable bonds is 9. The minimum Gasteiger partial charge on any atom is -0.465 e. The van der Waals surface area contributed by atoms with E-state index in [1.165, 1.54) is 12.1 Å². The molecule has 236 valence electrons. The lowest BCUT2D eigenvalue weighted by Crippen LogP contribution is -2.55. The number of carbonyl (C=O) groups is 2. The smallest absolute Gasteiger partial charge is 0.405 e. The van der Waals surface area contributed by atoms with E-state index in [0.29, 0.717) is 56.3 Å². The van der Waals surface area contributed by atoms with Crippen LogP contribution < -0.4 is 16.0 Å². The number of hydrogen-bond acceptors (Lipinski definition) is 7. The van der Waals surface area contributed by atoms with Crippen molar-refractivity contribution in [3.05, 3.63) is 64.4 Å². The van der Waals surface area contributed by atoms with Crippen molar-refractivity contribution in [1.82, 2.24) is 14.9 Å². The number of nitrogens with one attached hydrogen (secondary N) is 3. The number of benzene rings is 2. The molecule has 2 bridgehead atoms. The first-order valence-corrected chi connectivity index (χ1v) is 16.8. The second-order valence-corrected chi connectivity index (χ2v) is 14.2. The highest BCUT2D eigenvalue weighted by Gasteiger charge is 2.39. The predicted molar refractivity (Wildman–Crippen MR) is 165 cm³/mol. The molecule has 0 aliphatic carbocycles. The van der Waals surface area contributed by atoms with Gasteiger partial charge in [-0.3, -0.25) is 13.9 Å². The molecule has 2 aromatic carbocycles. The maximum Gasteiger partial charge on any atom is 0.405 e. The average molecular weight is 639 g/mol. The van der Waals surface area contributed by atoms with Gasteiger partial charge in [0.1, 0.15) is 11.9 Å². The predicted octanol–water partition coefficient (Wildman–Crippen LogP) is 5.30. The van der Waals surface area contributed by atoms with Gasteiger partial charge in [0, 0.05) is 60.6 Å². The number of halogens is 2. The first-order chi connectivity index (χ1) is 20.6. The van der Waals surface area contributed by atoms with Crippen LogP contribution in [0.25, 0.3) is 0 Å². The Labute approximate surface area is 257 Å². The van der Waals surface area contributed by atoms with E-state index in [-0.39, 0.29) is 35.7 Å². The summed E-state index contributed by atoms with van der Waals surface area (Å²) in [6, 6.07) is 10.3. The van der Waals surface area contributed by atoms with Gasteiger partial charge in [-0.05, 0) is 74.3 Å². The number of hydrogen-bond donors (Lipinski definition) is 6. The van der Waals surface area contributed by atoms with E-state index in [2.05, 4.69) is 16.0 Å². The van der Waals surface area contributed by atoms with Gasteiger partial charge in [0.05, 0.1) is 5.75 Å².